The van der Waals surface area contributed by atoms with Gasteiger partial charge in [-0.2, -0.15) is 0 Å². The molecule has 2 aromatic rings. The van der Waals surface area contributed by atoms with E-state index in [-0.39, 0.29) is 24.3 Å². The van der Waals surface area contributed by atoms with Gasteiger partial charge in [0.25, 0.3) is 0 Å². The number of nitrogens with one attached hydrogen (secondary N) is 1. The van der Waals surface area contributed by atoms with Crippen LogP contribution in [-0.2, 0) is 27.3 Å². The third-order valence-corrected chi connectivity index (χ3v) is 5.06. The minimum Gasteiger partial charge on any atom is -0.465 e. The third kappa shape index (κ3) is 6.08. The molecule has 154 valence electrons. The molecule has 0 saturated carbocycles. The van der Waals surface area contributed by atoms with E-state index < -0.39 is 0 Å². The zero-order valence-electron chi connectivity index (χ0n) is 17.4. The first-order valence-corrected chi connectivity index (χ1v) is 10.5. The maximum atomic E-state index is 12.0. The normalized spacial score (nSPS) is 11.1. The standard InChI is InChI=1S/C22H33N3O3/c1-4-17(5-2)22(27)23-15-11-7-8-14-20-24-18-12-9-10-13-19(18)25(20)16-21(26)28-6-3/h9-10,12-13,17H,4-8,11,14-16H2,1-3H3,(H,23,27). The van der Waals surface area contributed by atoms with E-state index in [0.717, 1.165) is 55.4 Å². The van der Waals surface area contributed by atoms with E-state index in [1.54, 1.807) is 0 Å². The lowest BCUT2D eigenvalue weighted by molar-refractivity contribution is -0.143. The van der Waals surface area contributed by atoms with Crippen LogP contribution in [0.4, 0.5) is 0 Å². The fraction of sp³-hybridized carbons (Fsp3) is 0.591. The summed E-state index contributed by atoms with van der Waals surface area (Å²) < 4.78 is 7.07. The monoisotopic (exact) mass is 387 g/mol. The summed E-state index contributed by atoms with van der Waals surface area (Å²) in [6.45, 7) is 7.20. The number of rotatable bonds is 12. The SMILES string of the molecule is CCOC(=O)Cn1c(CCCCCNC(=O)C(CC)CC)nc2ccccc21. The molecule has 1 heterocycles. The van der Waals surface area contributed by atoms with E-state index in [0.29, 0.717) is 13.2 Å². The number of fused-ring (bicyclic) bond motifs is 1. The number of carbonyl (C=O) groups excluding carboxylic acids is 2. The molecule has 2 rings (SSSR count). The molecule has 6 heteroatoms. The second-order valence-corrected chi connectivity index (χ2v) is 7.02. The third-order valence-electron chi connectivity index (χ3n) is 5.06. The summed E-state index contributed by atoms with van der Waals surface area (Å²) in [7, 11) is 0. The van der Waals surface area contributed by atoms with Gasteiger partial charge in [0.05, 0.1) is 17.6 Å². The predicted molar refractivity (Wildman–Crippen MR) is 111 cm³/mol. The number of amides is 1. The number of hydrogen-bond donors (Lipinski definition) is 1. The van der Waals surface area contributed by atoms with Gasteiger partial charge in [-0.3, -0.25) is 9.59 Å². The van der Waals surface area contributed by atoms with Crippen LogP contribution >= 0.6 is 0 Å². The molecule has 0 atom stereocenters. The topological polar surface area (TPSA) is 73.2 Å². The summed E-state index contributed by atoms with van der Waals surface area (Å²) in [5.74, 6) is 0.968. The number of aromatic nitrogens is 2. The van der Waals surface area contributed by atoms with Gasteiger partial charge in [0.2, 0.25) is 5.91 Å². The van der Waals surface area contributed by atoms with Gasteiger partial charge in [-0.1, -0.05) is 32.4 Å². The minimum atomic E-state index is -0.240. The van der Waals surface area contributed by atoms with Gasteiger partial charge in [0.15, 0.2) is 0 Å². The zero-order valence-corrected chi connectivity index (χ0v) is 17.4. The number of benzene rings is 1. The zero-order chi connectivity index (χ0) is 20.4. The fourth-order valence-corrected chi connectivity index (χ4v) is 3.43. The summed E-state index contributed by atoms with van der Waals surface area (Å²) in [6, 6.07) is 7.86. The molecular formula is C22H33N3O3. The lowest BCUT2D eigenvalue weighted by Gasteiger charge is -2.12. The molecule has 1 N–H and O–H groups in total. The van der Waals surface area contributed by atoms with E-state index >= 15 is 0 Å². The fourth-order valence-electron chi connectivity index (χ4n) is 3.43. The number of aryl methyl sites for hydroxylation is 1. The molecule has 0 bridgehead atoms. The van der Waals surface area contributed by atoms with Crippen molar-refractivity contribution >= 4 is 22.9 Å². The lowest BCUT2D eigenvalue weighted by Crippen LogP contribution is -2.30. The van der Waals surface area contributed by atoms with Crippen LogP contribution < -0.4 is 5.32 Å². The quantitative estimate of drug-likeness (QED) is 0.443. The Balaban J connectivity index is 1.86. The summed E-state index contributed by atoms with van der Waals surface area (Å²) in [4.78, 5) is 28.7. The Kier molecular flexibility index (Phi) is 8.98. The second kappa shape index (κ2) is 11.5. The maximum absolute atomic E-state index is 12.0. The number of nitrogens with zero attached hydrogens (tertiary/aromatic N) is 2. The van der Waals surface area contributed by atoms with Crippen molar-refractivity contribution in [3.63, 3.8) is 0 Å². The van der Waals surface area contributed by atoms with Gasteiger partial charge in [-0.05, 0) is 44.7 Å². The first-order chi connectivity index (χ1) is 13.6. The highest BCUT2D eigenvalue weighted by Crippen LogP contribution is 2.18. The van der Waals surface area contributed by atoms with Gasteiger partial charge in [0.1, 0.15) is 12.4 Å². The molecule has 0 aliphatic rings. The molecule has 0 unspecified atom stereocenters. The minimum absolute atomic E-state index is 0.128. The number of unbranched alkanes of at least 4 members (excludes halogenated alkanes) is 2. The van der Waals surface area contributed by atoms with Crippen LogP contribution in [0.5, 0.6) is 0 Å². The first kappa shape index (κ1) is 21.9. The Morgan fingerprint density at radius 1 is 1.11 bits per heavy atom. The molecular weight excluding hydrogens is 354 g/mol. The molecule has 1 aromatic heterocycles. The van der Waals surface area contributed by atoms with Crippen molar-refractivity contribution in [2.45, 2.75) is 65.8 Å². The van der Waals surface area contributed by atoms with Gasteiger partial charge in [-0.25, -0.2) is 4.98 Å². The van der Waals surface area contributed by atoms with Gasteiger partial charge >= 0.3 is 5.97 Å². The Labute approximate surface area is 167 Å². The lowest BCUT2D eigenvalue weighted by atomic mass is 10.0. The number of carbonyl (C=O) groups is 2. The Bertz CT molecular complexity index is 765. The smallest absolute Gasteiger partial charge is 0.326 e. The van der Waals surface area contributed by atoms with Crippen molar-refractivity contribution in [3.05, 3.63) is 30.1 Å². The Morgan fingerprint density at radius 3 is 2.57 bits per heavy atom. The van der Waals surface area contributed by atoms with Crippen LogP contribution in [0.2, 0.25) is 0 Å². The molecule has 0 fully saturated rings. The molecule has 0 aliphatic heterocycles. The van der Waals surface area contributed by atoms with Crippen molar-refractivity contribution < 1.29 is 14.3 Å². The maximum Gasteiger partial charge on any atom is 0.326 e. The Morgan fingerprint density at radius 2 is 1.86 bits per heavy atom. The summed E-state index contributed by atoms with van der Waals surface area (Å²) in [6.07, 6.45) is 5.50. The summed E-state index contributed by atoms with van der Waals surface area (Å²) >= 11 is 0. The number of ether oxygens (including phenoxy) is 1. The Hall–Kier alpha value is -2.37. The van der Waals surface area contributed by atoms with E-state index in [4.69, 9.17) is 9.72 Å². The molecule has 1 amide bonds. The molecule has 0 radical (unpaired) electrons. The molecule has 0 spiro atoms. The number of esters is 1. The van der Waals surface area contributed by atoms with Crippen LogP contribution in [-0.4, -0.2) is 34.6 Å². The molecule has 6 nitrogen and oxygen atoms in total. The summed E-state index contributed by atoms with van der Waals surface area (Å²) in [5.41, 5.74) is 1.86. The van der Waals surface area contributed by atoms with Gasteiger partial charge in [0, 0.05) is 18.9 Å². The van der Waals surface area contributed by atoms with Crippen molar-refractivity contribution in [2.75, 3.05) is 13.2 Å². The second-order valence-electron chi connectivity index (χ2n) is 7.02. The van der Waals surface area contributed by atoms with Crippen molar-refractivity contribution in [2.24, 2.45) is 5.92 Å². The average Bonchev–Trinajstić information content (AvgIpc) is 3.03. The van der Waals surface area contributed by atoms with E-state index in [1.807, 2.05) is 35.8 Å². The van der Waals surface area contributed by atoms with Crippen LogP contribution in [0.25, 0.3) is 11.0 Å². The largest absolute Gasteiger partial charge is 0.465 e. The van der Waals surface area contributed by atoms with Crippen molar-refractivity contribution in [3.8, 4) is 0 Å². The average molecular weight is 388 g/mol. The van der Waals surface area contributed by atoms with Gasteiger partial charge in [-0.15, -0.1) is 0 Å². The highest BCUT2D eigenvalue weighted by molar-refractivity contribution is 5.79. The highest BCUT2D eigenvalue weighted by Gasteiger charge is 2.14. The van der Waals surface area contributed by atoms with E-state index in [2.05, 4.69) is 19.2 Å². The van der Waals surface area contributed by atoms with Crippen LogP contribution in [0.15, 0.2) is 24.3 Å². The number of imidazole rings is 1. The van der Waals surface area contributed by atoms with Crippen molar-refractivity contribution in [1.29, 1.82) is 0 Å². The molecule has 0 saturated heterocycles. The van der Waals surface area contributed by atoms with E-state index in [9.17, 15) is 9.59 Å². The van der Waals surface area contributed by atoms with Gasteiger partial charge < -0.3 is 14.6 Å². The predicted octanol–water partition coefficient (Wildman–Crippen LogP) is 3.86. The van der Waals surface area contributed by atoms with Crippen LogP contribution in [0.3, 0.4) is 0 Å². The molecule has 0 aliphatic carbocycles. The number of hydrogen-bond acceptors (Lipinski definition) is 4. The molecule has 28 heavy (non-hydrogen) atoms. The first-order valence-electron chi connectivity index (χ1n) is 10.5. The number of para-hydroxylation sites is 2. The highest BCUT2D eigenvalue weighted by atomic mass is 16.5. The van der Waals surface area contributed by atoms with E-state index in [1.165, 1.54) is 0 Å². The van der Waals surface area contributed by atoms with Crippen LogP contribution in [0, 0.1) is 5.92 Å². The van der Waals surface area contributed by atoms with Crippen molar-refractivity contribution in [1.82, 2.24) is 14.9 Å². The van der Waals surface area contributed by atoms with Crippen LogP contribution in [0.1, 0.15) is 58.7 Å². The summed E-state index contributed by atoms with van der Waals surface area (Å²) in [5, 5.41) is 3.04. The molecule has 1 aromatic carbocycles.